The third kappa shape index (κ3) is 3.35. The Morgan fingerprint density at radius 2 is 2.00 bits per heavy atom. The topological polar surface area (TPSA) is 94.9 Å². The van der Waals surface area contributed by atoms with Gasteiger partial charge >= 0.3 is 0 Å². The van der Waals surface area contributed by atoms with E-state index in [1.165, 1.54) is 6.07 Å². The third-order valence-corrected chi connectivity index (χ3v) is 6.21. The van der Waals surface area contributed by atoms with Crippen LogP contribution in [0.4, 0.5) is 8.78 Å². The van der Waals surface area contributed by atoms with Gasteiger partial charge in [-0.1, -0.05) is 6.07 Å². The fourth-order valence-corrected chi connectivity index (χ4v) is 4.60. The van der Waals surface area contributed by atoms with Crippen molar-refractivity contribution in [2.24, 2.45) is 0 Å². The van der Waals surface area contributed by atoms with Crippen molar-refractivity contribution in [3.63, 3.8) is 0 Å². The second-order valence-electron chi connectivity index (χ2n) is 8.29. The Kier molecular flexibility index (Phi) is 5.49. The molecule has 2 aliphatic heterocycles. The summed E-state index contributed by atoms with van der Waals surface area (Å²) >= 11 is 0. The number of carbonyl (C=O) groups is 2. The zero-order chi connectivity index (χ0) is 23.3. The summed E-state index contributed by atoms with van der Waals surface area (Å²) in [6, 6.07) is 2.45. The van der Waals surface area contributed by atoms with Crippen LogP contribution < -0.4 is 10.7 Å². The third-order valence-electron chi connectivity index (χ3n) is 6.21. The van der Waals surface area contributed by atoms with Crippen LogP contribution in [0.2, 0.25) is 0 Å². The largest absolute Gasteiger partial charge is 0.503 e. The molecule has 0 radical (unpaired) electrons. The van der Waals surface area contributed by atoms with Crippen molar-refractivity contribution in [2.45, 2.75) is 32.0 Å². The highest BCUT2D eigenvalue weighted by molar-refractivity contribution is 6.00. The lowest BCUT2D eigenvalue weighted by atomic mass is 10.0. The van der Waals surface area contributed by atoms with Crippen LogP contribution in [0.1, 0.15) is 57.5 Å². The summed E-state index contributed by atoms with van der Waals surface area (Å²) in [5, 5.41) is 13.1. The van der Waals surface area contributed by atoms with Crippen LogP contribution in [0.5, 0.6) is 5.75 Å². The molecule has 8 nitrogen and oxygen atoms in total. The van der Waals surface area contributed by atoms with Crippen molar-refractivity contribution in [3.05, 3.63) is 62.6 Å². The smallest absolute Gasteiger partial charge is 0.274 e. The SMILES string of the molecule is CCN1C[C@@H]2C[C@@H](N(C)C)c3c(C(=O)NCc4ccc(F)cc4F)c(=O)c(O)c(n32)C1=O. The molecule has 2 N–H and O–H groups in total. The zero-order valence-electron chi connectivity index (χ0n) is 18.0. The monoisotopic (exact) mass is 446 g/mol. The molecule has 10 heteroatoms. The van der Waals surface area contributed by atoms with Crippen LogP contribution >= 0.6 is 0 Å². The van der Waals surface area contributed by atoms with Crippen LogP contribution in [0.3, 0.4) is 0 Å². The van der Waals surface area contributed by atoms with E-state index in [9.17, 15) is 28.3 Å². The predicted molar refractivity (Wildman–Crippen MR) is 112 cm³/mol. The molecule has 0 spiro atoms. The summed E-state index contributed by atoms with van der Waals surface area (Å²) in [5.41, 5.74) is -0.906. The number of pyridine rings is 1. The summed E-state index contributed by atoms with van der Waals surface area (Å²) < 4.78 is 28.7. The Labute approximate surface area is 183 Å². The number of aromatic nitrogens is 1. The molecule has 0 bridgehead atoms. The minimum absolute atomic E-state index is 0.0502. The second-order valence-corrected chi connectivity index (χ2v) is 8.29. The summed E-state index contributed by atoms with van der Waals surface area (Å²) in [6.07, 6.45) is 0.555. The average molecular weight is 446 g/mol. The molecule has 170 valence electrons. The number of nitrogens with one attached hydrogen (secondary N) is 1. The van der Waals surface area contributed by atoms with E-state index in [0.717, 1.165) is 6.07 Å². The minimum atomic E-state index is -0.942. The second kappa shape index (κ2) is 8.01. The van der Waals surface area contributed by atoms with Gasteiger partial charge in [0.05, 0.1) is 17.8 Å². The number of hydrogen-bond donors (Lipinski definition) is 2. The van der Waals surface area contributed by atoms with Gasteiger partial charge in [0.2, 0.25) is 5.43 Å². The van der Waals surface area contributed by atoms with E-state index in [4.69, 9.17) is 0 Å². The van der Waals surface area contributed by atoms with Crippen LogP contribution in [-0.2, 0) is 6.54 Å². The van der Waals surface area contributed by atoms with Gasteiger partial charge in [-0.15, -0.1) is 0 Å². The molecule has 2 atom stereocenters. The van der Waals surface area contributed by atoms with Crippen molar-refractivity contribution in [2.75, 3.05) is 27.2 Å². The van der Waals surface area contributed by atoms with Gasteiger partial charge in [-0.3, -0.25) is 14.4 Å². The first kappa shape index (κ1) is 21.9. The first-order chi connectivity index (χ1) is 15.1. The Morgan fingerprint density at radius 1 is 1.28 bits per heavy atom. The summed E-state index contributed by atoms with van der Waals surface area (Å²) in [4.78, 5) is 42.5. The lowest BCUT2D eigenvalue weighted by molar-refractivity contribution is 0.0673. The van der Waals surface area contributed by atoms with E-state index in [1.807, 2.05) is 11.8 Å². The number of benzene rings is 1. The number of halogens is 2. The quantitative estimate of drug-likeness (QED) is 0.730. The molecule has 0 unspecified atom stereocenters. The number of likely N-dealkylation sites (N-methyl/N-ethyl adjacent to an activating group) is 1. The molecule has 0 saturated heterocycles. The number of rotatable bonds is 5. The normalized spacial score (nSPS) is 19.4. The van der Waals surface area contributed by atoms with E-state index in [2.05, 4.69) is 5.32 Å². The van der Waals surface area contributed by atoms with Gasteiger partial charge in [-0.2, -0.15) is 0 Å². The Balaban J connectivity index is 1.80. The summed E-state index contributed by atoms with van der Waals surface area (Å²) in [7, 11) is 3.61. The van der Waals surface area contributed by atoms with Gasteiger partial charge in [0.25, 0.3) is 11.8 Å². The zero-order valence-corrected chi connectivity index (χ0v) is 18.0. The first-order valence-corrected chi connectivity index (χ1v) is 10.3. The summed E-state index contributed by atoms with van der Waals surface area (Å²) in [5.74, 6) is -3.58. The van der Waals surface area contributed by atoms with Crippen LogP contribution in [0.15, 0.2) is 23.0 Å². The molecular weight excluding hydrogens is 422 g/mol. The molecule has 3 heterocycles. The maximum atomic E-state index is 14.0. The Hall–Kier alpha value is -3.27. The van der Waals surface area contributed by atoms with Crippen LogP contribution in [0.25, 0.3) is 0 Å². The van der Waals surface area contributed by atoms with E-state index in [1.54, 1.807) is 23.6 Å². The standard InChI is InChI=1S/C22H24F2N4O4/c1-4-27-10-13-8-15(26(2)3)17-16(19(29)20(30)18(22(27)32)28(13)17)21(31)25-9-11-5-6-12(23)7-14(11)24/h5-7,13,15,30H,4,8-10H2,1-3H3,(H,25,31)/t13-,15+/m0/s1. The fraction of sp³-hybridized carbons (Fsp3) is 0.409. The molecule has 2 amide bonds. The highest BCUT2D eigenvalue weighted by Gasteiger charge is 2.45. The molecule has 0 fully saturated rings. The summed E-state index contributed by atoms with van der Waals surface area (Å²) in [6.45, 7) is 2.38. The molecule has 4 rings (SSSR count). The number of aromatic hydroxyl groups is 1. The highest BCUT2D eigenvalue weighted by Crippen LogP contribution is 2.43. The van der Waals surface area contributed by atoms with Crippen molar-refractivity contribution in [3.8, 4) is 5.75 Å². The molecular formula is C22H24F2N4O4. The number of hydrogen-bond acceptors (Lipinski definition) is 5. The van der Waals surface area contributed by atoms with Gasteiger partial charge in [0.1, 0.15) is 17.2 Å². The molecule has 2 aromatic rings. The van der Waals surface area contributed by atoms with E-state index in [-0.39, 0.29) is 35.4 Å². The molecule has 32 heavy (non-hydrogen) atoms. The van der Waals surface area contributed by atoms with Gasteiger partial charge in [-0.05, 0) is 33.5 Å². The lowest BCUT2D eigenvalue weighted by Crippen LogP contribution is -2.44. The van der Waals surface area contributed by atoms with Crippen molar-refractivity contribution in [1.29, 1.82) is 0 Å². The van der Waals surface area contributed by atoms with Crippen molar-refractivity contribution >= 4 is 11.8 Å². The lowest BCUT2D eigenvalue weighted by Gasteiger charge is -2.33. The van der Waals surface area contributed by atoms with E-state index >= 15 is 0 Å². The maximum absolute atomic E-state index is 14.0. The van der Waals surface area contributed by atoms with E-state index < -0.39 is 34.6 Å². The first-order valence-electron chi connectivity index (χ1n) is 10.3. The average Bonchev–Trinajstić information content (AvgIpc) is 3.11. The molecule has 0 saturated carbocycles. The molecule has 1 aromatic heterocycles. The van der Waals surface area contributed by atoms with Crippen molar-refractivity contribution < 1.29 is 23.5 Å². The van der Waals surface area contributed by atoms with E-state index in [0.29, 0.717) is 31.3 Å². The Bertz CT molecular complexity index is 1180. The Morgan fingerprint density at radius 3 is 2.62 bits per heavy atom. The number of amides is 2. The maximum Gasteiger partial charge on any atom is 0.274 e. The van der Waals surface area contributed by atoms with Crippen molar-refractivity contribution in [1.82, 2.24) is 19.7 Å². The van der Waals surface area contributed by atoms with Gasteiger partial charge in [0, 0.05) is 31.3 Å². The molecule has 1 aromatic carbocycles. The number of nitrogens with zero attached hydrogens (tertiary/aromatic N) is 3. The van der Waals surface area contributed by atoms with Crippen LogP contribution in [0, 0.1) is 11.6 Å². The fourth-order valence-electron chi connectivity index (χ4n) is 4.60. The van der Waals surface area contributed by atoms with Gasteiger partial charge in [0.15, 0.2) is 11.4 Å². The van der Waals surface area contributed by atoms with Gasteiger partial charge < -0.3 is 24.8 Å². The number of carbonyl (C=O) groups excluding carboxylic acids is 2. The molecule has 2 aliphatic rings. The highest BCUT2D eigenvalue weighted by atomic mass is 19.1. The van der Waals surface area contributed by atoms with Gasteiger partial charge in [-0.25, -0.2) is 8.78 Å². The van der Waals surface area contributed by atoms with Crippen LogP contribution in [-0.4, -0.2) is 58.5 Å². The minimum Gasteiger partial charge on any atom is -0.503 e. The predicted octanol–water partition coefficient (Wildman–Crippen LogP) is 1.79. The molecule has 0 aliphatic carbocycles.